The van der Waals surface area contributed by atoms with Gasteiger partial charge < -0.3 is 15.4 Å². The highest BCUT2D eigenvalue weighted by Gasteiger charge is 2.33. The number of benzene rings is 1. The van der Waals surface area contributed by atoms with E-state index >= 15 is 0 Å². The van der Waals surface area contributed by atoms with Crippen molar-refractivity contribution in [1.29, 1.82) is 0 Å². The van der Waals surface area contributed by atoms with Crippen molar-refractivity contribution in [3.63, 3.8) is 0 Å². The lowest BCUT2D eigenvalue weighted by atomic mass is 9.89. The molecule has 2 aromatic rings. The molecule has 2 unspecified atom stereocenters. The molecule has 1 aromatic heterocycles. The molecule has 19 heavy (non-hydrogen) atoms. The number of hydrogen-bond acceptors (Lipinski definition) is 3. The molecule has 0 saturated carbocycles. The van der Waals surface area contributed by atoms with E-state index in [2.05, 4.69) is 15.3 Å². The molecule has 0 spiro atoms. The number of hydrogen-bond donors (Lipinski definition) is 3. The average molecular weight is 257 g/mol. The molecule has 2 saturated heterocycles. The predicted molar refractivity (Wildman–Crippen MR) is 74.1 cm³/mol. The molecule has 2 atom stereocenters. The van der Waals surface area contributed by atoms with Gasteiger partial charge in [0.1, 0.15) is 11.6 Å². The van der Waals surface area contributed by atoms with E-state index in [4.69, 9.17) is 0 Å². The Labute approximate surface area is 112 Å². The quantitative estimate of drug-likeness (QED) is 0.774. The number of H-pyrrole nitrogens is 1. The fraction of sp³-hybridized carbons (Fsp3) is 0.533. The Morgan fingerprint density at radius 3 is 2.79 bits per heavy atom. The summed E-state index contributed by atoms with van der Waals surface area (Å²) in [5.74, 6) is 2.10. The third kappa shape index (κ3) is 2.10. The van der Waals surface area contributed by atoms with Crippen LogP contribution in [-0.4, -0.2) is 27.2 Å². The van der Waals surface area contributed by atoms with Crippen molar-refractivity contribution in [3.05, 3.63) is 24.0 Å². The second kappa shape index (κ2) is 4.23. The lowest BCUT2D eigenvalue weighted by Gasteiger charge is -2.28. The number of fused-ring (bicyclic) bond motifs is 3. The summed E-state index contributed by atoms with van der Waals surface area (Å²) in [5.41, 5.74) is 1.89. The zero-order chi connectivity index (χ0) is 12.8. The zero-order valence-corrected chi connectivity index (χ0v) is 10.9. The summed E-state index contributed by atoms with van der Waals surface area (Å²) in [6, 6.07) is 6.78. The van der Waals surface area contributed by atoms with Gasteiger partial charge in [-0.3, -0.25) is 0 Å². The van der Waals surface area contributed by atoms with E-state index in [0.29, 0.717) is 5.75 Å². The van der Waals surface area contributed by atoms with Crippen LogP contribution >= 0.6 is 0 Å². The summed E-state index contributed by atoms with van der Waals surface area (Å²) in [7, 11) is 0. The Morgan fingerprint density at radius 2 is 2.00 bits per heavy atom. The number of imidazole rings is 1. The van der Waals surface area contributed by atoms with Crippen LogP contribution in [0.15, 0.2) is 18.2 Å². The van der Waals surface area contributed by atoms with E-state index in [0.717, 1.165) is 41.3 Å². The Bertz CT molecular complexity index is 594. The van der Waals surface area contributed by atoms with Crippen molar-refractivity contribution in [1.82, 2.24) is 15.3 Å². The van der Waals surface area contributed by atoms with Crippen LogP contribution in [0.3, 0.4) is 0 Å². The maximum Gasteiger partial charge on any atom is 0.117 e. The summed E-state index contributed by atoms with van der Waals surface area (Å²) in [6.07, 6.45) is 6.27. The van der Waals surface area contributed by atoms with Crippen molar-refractivity contribution < 1.29 is 5.11 Å². The average Bonchev–Trinajstić information content (AvgIpc) is 2.92. The number of rotatable bonds is 2. The topological polar surface area (TPSA) is 60.9 Å². The van der Waals surface area contributed by atoms with Crippen molar-refractivity contribution >= 4 is 11.0 Å². The molecule has 0 radical (unpaired) electrons. The van der Waals surface area contributed by atoms with Crippen molar-refractivity contribution in [2.45, 2.75) is 44.2 Å². The molecule has 4 nitrogen and oxygen atoms in total. The smallest absolute Gasteiger partial charge is 0.117 e. The third-order valence-corrected chi connectivity index (χ3v) is 4.57. The standard InChI is InChI=1S/C15H19N3O/c19-12-3-4-13-14(8-12)18-15(17-13)7-9-5-10-1-2-11(6-9)16-10/h3-4,8-11,16,19H,1-2,5-7H2,(H,17,18). The van der Waals surface area contributed by atoms with Crippen molar-refractivity contribution in [2.24, 2.45) is 5.92 Å². The molecule has 1 aromatic carbocycles. The SMILES string of the molecule is Oc1ccc2nc(CC3CC4CCC(C3)N4)[nH]c2c1. The predicted octanol–water partition coefficient (Wildman–Crippen LogP) is 2.34. The number of nitrogens with zero attached hydrogens (tertiary/aromatic N) is 1. The second-order valence-electron chi connectivity index (χ2n) is 6.06. The van der Waals surface area contributed by atoms with Crippen LogP contribution < -0.4 is 5.32 Å². The van der Waals surface area contributed by atoms with Crippen molar-refractivity contribution in [2.75, 3.05) is 0 Å². The summed E-state index contributed by atoms with van der Waals surface area (Å²) >= 11 is 0. The fourth-order valence-corrected chi connectivity index (χ4v) is 3.76. The number of phenols is 1. The van der Waals surface area contributed by atoms with Gasteiger partial charge in [0.25, 0.3) is 0 Å². The largest absolute Gasteiger partial charge is 0.508 e. The molecule has 4 rings (SSSR count). The van der Waals surface area contributed by atoms with E-state index in [1.54, 1.807) is 12.1 Å². The van der Waals surface area contributed by atoms with E-state index in [1.165, 1.54) is 25.7 Å². The molecule has 0 aliphatic carbocycles. The first-order valence-electron chi connectivity index (χ1n) is 7.20. The van der Waals surface area contributed by atoms with Gasteiger partial charge in [-0.2, -0.15) is 0 Å². The van der Waals surface area contributed by atoms with Gasteiger partial charge in [0.05, 0.1) is 11.0 Å². The molecule has 4 heteroatoms. The molecular formula is C15H19N3O. The molecule has 3 heterocycles. The first kappa shape index (κ1) is 11.3. The minimum Gasteiger partial charge on any atom is -0.508 e. The summed E-state index contributed by atoms with van der Waals surface area (Å²) in [6.45, 7) is 0. The molecular weight excluding hydrogens is 238 g/mol. The van der Waals surface area contributed by atoms with E-state index in [9.17, 15) is 5.11 Å². The van der Waals surface area contributed by atoms with Gasteiger partial charge in [0, 0.05) is 24.6 Å². The highest BCUT2D eigenvalue weighted by molar-refractivity contribution is 5.76. The third-order valence-electron chi connectivity index (χ3n) is 4.57. The highest BCUT2D eigenvalue weighted by atomic mass is 16.3. The van der Waals surface area contributed by atoms with Gasteiger partial charge in [-0.15, -0.1) is 0 Å². The summed E-state index contributed by atoms with van der Waals surface area (Å²) < 4.78 is 0. The lowest BCUT2D eigenvalue weighted by Crippen LogP contribution is -2.38. The number of aromatic amines is 1. The molecule has 2 fully saturated rings. The first-order valence-corrected chi connectivity index (χ1v) is 7.20. The Morgan fingerprint density at radius 1 is 1.21 bits per heavy atom. The zero-order valence-electron chi connectivity index (χ0n) is 10.9. The number of aromatic nitrogens is 2. The van der Waals surface area contributed by atoms with Gasteiger partial charge in [-0.1, -0.05) is 0 Å². The van der Waals surface area contributed by atoms with E-state index < -0.39 is 0 Å². The molecule has 100 valence electrons. The molecule has 2 aliphatic rings. The fourth-order valence-electron chi connectivity index (χ4n) is 3.76. The molecule has 0 amide bonds. The van der Waals surface area contributed by atoms with Crippen LogP contribution in [0.2, 0.25) is 0 Å². The second-order valence-corrected chi connectivity index (χ2v) is 6.06. The summed E-state index contributed by atoms with van der Waals surface area (Å²) in [4.78, 5) is 7.97. The normalized spacial score (nSPS) is 30.0. The first-order chi connectivity index (χ1) is 9.26. The van der Waals surface area contributed by atoms with Gasteiger partial charge in [-0.25, -0.2) is 4.98 Å². The monoisotopic (exact) mass is 257 g/mol. The Hall–Kier alpha value is -1.55. The van der Waals surface area contributed by atoms with Gasteiger partial charge in [0.2, 0.25) is 0 Å². The number of piperidine rings is 1. The maximum atomic E-state index is 9.48. The van der Waals surface area contributed by atoms with Gasteiger partial charge in [-0.05, 0) is 43.7 Å². The van der Waals surface area contributed by atoms with Crippen LogP contribution in [0.1, 0.15) is 31.5 Å². The Kier molecular flexibility index (Phi) is 2.52. The summed E-state index contributed by atoms with van der Waals surface area (Å²) in [5, 5.41) is 13.2. The highest BCUT2D eigenvalue weighted by Crippen LogP contribution is 2.32. The van der Waals surface area contributed by atoms with Crippen molar-refractivity contribution in [3.8, 4) is 5.75 Å². The van der Waals surface area contributed by atoms with Gasteiger partial charge in [0.15, 0.2) is 0 Å². The van der Waals surface area contributed by atoms with Crippen LogP contribution in [0, 0.1) is 5.92 Å². The van der Waals surface area contributed by atoms with E-state index in [1.807, 2.05) is 6.07 Å². The Balaban J connectivity index is 1.54. The van der Waals surface area contributed by atoms with Crippen LogP contribution in [0.25, 0.3) is 11.0 Å². The van der Waals surface area contributed by atoms with Crippen LogP contribution in [0.5, 0.6) is 5.75 Å². The van der Waals surface area contributed by atoms with E-state index in [-0.39, 0.29) is 0 Å². The number of nitrogens with one attached hydrogen (secondary N) is 2. The number of aromatic hydroxyl groups is 1. The number of phenolic OH excluding ortho intramolecular Hbond substituents is 1. The van der Waals surface area contributed by atoms with Gasteiger partial charge >= 0.3 is 0 Å². The lowest BCUT2D eigenvalue weighted by molar-refractivity contribution is 0.295. The maximum absolute atomic E-state index is 9.48. The minimum atomic E-state index is 0.294. The molecule has 2 aliphatic heterocycles. The van der Waals surface area contributed by atoms with Crippen LogP contribution in [-0.2, 0) is 6.42 Å². The molecule has 2 bridgehead atoms. The van der Waals surface area contributed by atoms with Crippen LogP contribution in [0.4, 0.5) is 0 Å². The minimum absolute atomic E-state index is 0.294. The molecule has 3 N–H and O–H groups in total.